The van der Waals surface area contributed by atoms with Crippen LogP contribution < -0.4 is 0 Å². The van der Waals surface area contributed by atoms with E-state index in [0.717, 1.165) is 36.3 Å². The average Bonchev–Trinajstić information content (AvgIpc) is 2.90. The molecule has 3 rings (SSSR count). The predicted molar refractivity (Wildman–Crippen MR) is 85.0 cm³/mol. The summed E-state index contributed by atoms with van der Waals surface area (Å²) in [6.07, 6.45) is 1.56. The van der Waals surface area contributed by atoms with Crippen LogP contribution in [-0.2, 0) is 14.8 Å². The average molecular weight is 327 g/mol. The SMILES string of the molecule is Cc1ccc(C)c(S(=O)(=O)N2CCC3(CC2)OCCS3)c1. The van der Waals surface area contributed by atoms with Crippen LogP contribution in [0.2, 0.25) is 0 Å². The number of hydrogen-bond acceptors (Lipinski definition) is 4. The van der Waals surface area contributed by atoms with Crippen LogP contribution >= 0.6 is 11.8 Å². The second-order valence-electron chi connectivity index (χ2n) is 5.78. The van der Waals surface area contributed by atoms with Gasteiger partial charge < -0.3 is 4.74 Å². The van der Waals surface area contributed by atoms with E-state index >= 15 is 0 Å². The molecule has 6 heteroatoms. The van der Waals surface area contributed by atoms with E-state index in [1.807, 2.05) is 37.7 Å². The maximum Gasteiger partial charge on any atom is 0.243 e. The van der Waals surface area contributed by atoms with Gasteiger partial charge in [0, 0.05) is 18.8 Å². The lowest BCUT2D eigenvalue weighted by molar-refractivity contribution is 0.0162. The zero-order chi connectivity index (χ0) is 15.1. The Balaban J connectivity index is 1.82. The molecule has 2 aliphatic heterocycles. The van der Waals surface area contributed by atoms with Crippen molar-refractivity contribution in [2.24, 2.45) is 0 Å². The third-order valence-corrected chi connectivity index (χ3v) is 7.72. The summed E-state index contributed by atoms with van der Waals surface area (Å²) in [4.78, 5) is 0.312. The van der Waals surface area contributed by atoms with Crippen molar-refractivity contribution in [2.75, 3.05) is 25.4 Å². The van der Waals surface area contributed by atoms with Gasteiger partial charge in [0.15, 0.2) is 0 Å². The lowest BCUT2D eigenvalue weighted by atomic mass is 10.1. The van der Waals surface area contributed by atoms with Gasteiger partial charge in [0.2, 0.25) is 10.0 Å². The quantitative estimate of drug-likeness (QED) is 0.837. The monoisotopic (exact) mass is 327 g/mol. The van der Waals surface area contributed by atoms with Crippen LogP contribution in [-0.4, -0.2) is 43.1 Å². The first-order valence-electron chi connectivity index (χ1n) is 7.28. The molecule has 2 heterocycles. The summed E-state index contributed by atoms with van der Waals surface area (Å²) in [6, 6.07) is 5.60. The lowest BCUT2D eigenvalue weighted by Crippen LogP contribution is -2.45. The van der Waals surface area contributed by atoms with Crippen molar-refractivity contribution in [3.63, 3.8) is 0 Å². The molecule has 0 atom stereocenters. The molecule has 0 saturated carbocycles. The number of piperidine rings is 1. The second kappa shape index (κ2) is 5.57. The van der Waals surface area contributed by atoms with Crippen molar-refractivity contribution in [3.05, 3.63) is 29.3 Å². The highest BCUT2D eigenvalue weighted by molar-refractivity contribution is 8.00. The minimum atomic E-state index is -3.39. The van der Waals surface area contributed by atoms with Crippen LogP contribution in [0.15, 0.2) is 23.1 Å². The zero-order valence-corrected chi connectivity index (χ0v) is 14.1. The van der Waals surface area contributed by atoms with Crippen LogP contribution in [0.25, 0.3) is 0 Å². The molecule has 0 radical (unpaired) electrons. The highest BCUT2D eigenvalue weighted by Crippen LogP contribution is 2.42. The molecule has 0 unspecified atom stereocenters. The molecule has 116 valence electrons. The van der Waals surface area contributed by atoms with Gasteiger partial charge in [-0.2, -0.15) is 4.31 Å². The molecule has 2 saturated heterocycles. The zero-order valence-electron chi connectivity index (χ0n) is 12.5. The predicted octanol–water partition coefficient (Wildman–Crippen LogP) is 2.55. The molecule has 0 aliphatic carbocycles. The second-order valence-corrected chi connectivity index (χ2v) is 9.13. The molecule has 2 aliphatic rings. The Morgan fingerprint density at radius 3 is 2.57 bits per heavy atom. The minimum absolute atomic E-state index is 0.131. The molecule has 0 aromatic heterocycles. The third kappa shape index (κ3) is 2.86. The van der Waals surface area contributed by atoms with E-state index in [2.05, 4.69) is 0 Å². The molecule has 1 aromatic rings. The summed E-state index contributed by atoms with van der Waals surface area (Å²) in [7, 11) is -3.39. The lowest BCUT2D eigenvalue weighted by Gasteiger charge is -2.37. The van der Waals surface area contributed by atoms with Crippen LogP contribution in [0.4, 0.5) is 0 Å². The van der Waals surface area contributed by atoms with E-state index < -0.39 is 10.0 Å². The largest absolute Gasteiger partial charge is 0.363 e. The summed E-state index contributed by atoms with van der Waals surface area (Å²) in [5, 5.41) is 0. The molecule has 1 aromatic carbocycles. The van der Waals surface area contributed by atoms with Crippen LogP contribution in [0.3, 0.4) is 0 Å². The molecule has 4 nitrogen and oxygen atoms in total. The third-order valence-electron chi connectivity index (χ3n) is 4.26. The van der Waals surface area contributed by atoms with Crippen LogP contribution in [0.1, 0.15) is 24.0 Å². The fourth-order valence-electron chi connectivity index (χ4n) is 2.98. The molecular formula is C15H21NO3S2. The van der Waals surface area contributed by atoms with E-state index in [1.165, 1.54) is 0 Å². The molecule has 0 N–H and O–H groups in total. The molecule has 0 bridgehead atoms. The Morgan fingerprint density at radius 1 is 1.24 bits per heavy atom. The topological polar surface area (TPSA) is 46.6 Å². The van der Waals surface area contributed by atoms with E-state index in [9.17, 15) is 8.42 Å². The number of aryl methyl sites for hydroxylation is 2. The van der Waals surface area contributed by atoms with Crippen molar-refractivity contribution in [2.45, 2.75) is 36.5 Å². The number of ether oxygens (including phenoxy) is 1. The summed E-state index contributed by atoms with van der Waals surface area (Å²) < 4.78 is 33.1. The van der Waals surface area contributed by atoms with Gasteiger partial charge in [0.25, 0.3) is 0 Å². The number of nitrogens with zero attached hydrogens (tertiary/aromatic N) is 1. The Labute approximate surface area is 130 Å². The summed E-state index contributed by atoms with van der Waals surface area (Å²) in [5.74, 6) is 1.02. The van der Waals surface area contributed by atoms with Crippen molar-refractivity contribution in [3.8, 4) is 0 Å². The first-order valence-corrected chi connectivity index (χ1v) is 9.71. The molecule has 2 fully saturated rings. The van der Waals surface area contributed by atoms with Crippen molar-refractivity contribution < 1.29 is 13.2 Å². The van der Waals surface area contributed by atoms with E-state index in [1.54, 1.807) is 10.4 Å². The Bertz CT molecular complexity index is 626. The maximum absolute atomic E-state index is 12.8. The number of rotatable bonds is 2. The molecule has 21 heavy (non-hydrogen) atoms. The first kappa shape index (κ1) is 15.3. The highest BCUT2D eigenvalue weighted by atomic mass is 32.2. The fraction of sp³-hybridized carbons (Fsp3) is 0.600. The van der Waals surface area contributed by atoms with Crippen molar-refractivity contribution >= 4 is 21.8 Å². The summed E-state index contributed by atoms with van der Waals surface area (Å²) in [6.45, 7) is 5.65. The highest BCUT2D eigenvalue weighted by Gasteiger charge is 2.42. The van der Waals surface area contributed by atoms with E-state index in [-0.39, 0.29) is 4.93 Å². The Kier molecular flexibility index (Phi) is 4.07. The van der Waals surface area contributed by atoms with Crippen molar-refractivity contribution in [1.29, 1.82) is 0 Å². The van der Waals surface area contributed by atoms with Crippen LogP contribution in [0.5, 0.6) is 0 Å². The fourth-order valence-corrected chi connectivity index (χ4v) is 5.91. The number of benzene rings is 1. The van der Waals surface area contributed by atoms with E-state index in [4.69, 9.17) is 4.74 Å². The number of sulfonamides is 1. The van der Waals surface area contributed by atoms with Gasteiger partial charge in [-0.05, 0) is 43.9 Å². The van der Waals surface area contributed by atoms with Crippen LogP contribution in [0, 0.1) is 13.8 Å². The molecule has 1 spiro atoms. The summed E-state index contributed by atoms with van der Waals surface area (Å²) >= 11 is 1.84. The normalized spacial score (nSPS) is 22.8. The standard InChI is InChI=1S/C15H21NO3S2/c1-12-3-4-13(2)14(11-12)21(17,18)16-7-5-15(6-8-16)19-9-10-20-15/h3-4,11H,5-10H2,1-2H3. The van der Waals surface area contributed by atoms with E-state index in [0.29, 0.717) is 18.0 Å². The Morgan fingerprint density at radius 2 is 1.95 bits per heavy atom. The van der Waals surface area contributed by atoms with Crippen molar-refractivity contribution in [1.82, 2.24) is 4.31 Å². The maximum atomic E-state index is 12.8. The smallest absolute Gasteiger partial charge is 0.243 e. The van der Waals surface area contributed by atoms with Gasteiger partial charge in [-0.3, -0.25) is 0 Å². The molecule has 0 amide bonds. The number of hydrogen-bond donors (Lipinski definition) is 0. The van der Waals surface area contributed by atoms with Gasteiger partial charge in [0.05, 0.1) is 11.5 Å². The molecular weight excluding hydrogens is 306 g/mol. The van der Waals surface area contributed by atoms with Gasteiger partial charge in [-0.25, -0.2) is 8.42 Å². The first-order chi connectivity index (χ1) is 9.93. The minimum Gasteiger partial charge on any atom is -0.363 e. The van der Waals surface area contributed by atoms with Gasteiger partial charge in [-0.15, -0.1) is 11.8 Å². The number of thioether (sulfide) groups is 1. The summed E-state index contributed by atoms with van der Waals surface area (Å²) in [5.41, 5.74) is 1.79. The van der Waals surface area contributed by atoms with Gasteiger partial charge in [0.1, 0.15) is 4.93 Å². The van der Waals surface area contributed by atoms with Gasteiger partial charge >= 0.3 is 0 Å². The Hall–Kier alpha value is -0.560. The van der Waals surface area contributed by atoms with Gasteiger partial charge in [-0.1, -0.05) is 12.1 Å².